The van der Waals surface area contributed by atoms with Gasteiger partial charge in [-0.2, -0.15) is 10.2 Å². The molecule has 0 saturated heterocycles. The fraction of sp³-hybridized carbons (Fsp3) is 0.177. The predicted octanol–water partition coefficient (Wildman–Crippen LogP) is 9.61. The molecule has 0 spiro atoms. The minimum Gasteiger partial charge on any atom is -0.477 e. The Balaban J connectivity index is 0.000000161. The second-order valence-electron chi connectivity index (χ2n) is 20.3. The third-order valence-electron chi connectivity index (χ3n) is 13.7. The predicted molar refractivity (Wildman–Crippen MR) is 352 cm³/mol. The maximum absolute atomic E-state index is 12.4. The Labute approximate surface area is 531 Å². The number of rotatable bonds is 14. The zero-order valence-electron chi connectivity index (χ0n) is 48.2. The van der Waals surface area contributed by atoms with E-state index >= 15 is 0 Å². The Hall–Kier alpha value is -9.91. The van der Waals surface area contributed by atoms with Crippen molar-refractivity contribution in [2.24, 2.45) is 26.1 Å². The van der Waals surface area contributed by atoms with E-state index in [1.54, 1.807) is 36.8 Å². The van der Waals surface area contributed by atoms with Gasteiger partial charge in [-0.25, -0.2) is 24.7 Å². The van der Waals surface area contributed by atoms with Crippen molar-refractivity contribution in [3.8, 4) is 0 Å². The molecule has 2 aliphatic rings. The lowest BCUT2D eigenvalue weighted by Gasteiger charge is -2.08. The lowest BCUT2D eigenvalue weighted by Crippen LogP contribution is -2.31. The first-order chi connectivity index (χ1) is 42.3. The van der Waals surface area contributed by atoms with E-state index in [-0.39, 0.29) is 35.8 Å². The van der Waals surface area contributed by atoms with Crippen LogP contribution in [-0.4, -0.2) is 90.8 Å². The second kappa shape index (κ2) is 30.1. The van der Waals surface area contributed by atoms with E-state index in [1.807, 2.05) is 112 Å². The number of carboxylic acids is 1. The van der Waals surface area contributed by atoms with E-state index in [1.165, 1.54) is 0 Å². The number of nitrogen functional groups attached to an aromatic ring is 3. The monoisotopic (exact) mass is 1270 g/mol. The van der Waals surface area contributed by atoms with E-state index in [0.29, 0.717) is 95.8 Å². The molecule has 2 amide bonds. The van der Waals surface area contributed by atoms with E-state index in [4.69, 9.17) is 62.8 Å². The number of aliphatic carboxylic acids is 1. The molecule has 89 heavy (non-hydrogen) atoms. The van der Waals surface area contributed by atoms with Crippen LogP contribution in [0.4, 0.5) is 17.5 Å². The molecule has 23 nitrogen and oxygen atoms in total. The number of aryl methyl sites for hydroxylation is 3. The van der Waals surface area contributed by atoms with E-state index in [2.05, 4.69) is 76.1 Å². The van der Waals surface area contributed by atoms with Crippen LogP contribution < -0.4 is 33.6 Å². The molecule has 12 rings (SSSR count). The van der Waals surface area contributed by atoms with Crippen molar-refractivity contribution >= 4 is 138 Å². The quantitative estimate of drug-likeness (QED) is 0.0502. The molecular formula is C62H59Cl4N19O4. The third-order valence-corrected chi connectivity index (χ3v) is 14.3. The van der Waals surface area contributed by atoms with Gasteiger partial charge in [0.25, 0.3) is 11.8 Å². The van der Waals surface area contributed by atoms with Crippen LogP contribution in [0, 0.1) is 20.8 Å². The number of aromatic amines is 1. The summed E-state index contributed by atoms with van der Waals surface area (Å²) in [6, 6.07) is 34.1. The Kier molecular flexibility index (Phi) is 22.0. The first-order valence-corrected chi connectivity index (χ1v) is 28.4. The molecule has 2 aliphatic heterocycles. The van der Waals surface area contributed by atoms with Crippen molar-refractivity contribution in [3.63, 3.8) is 0 Å². The molecule has 0 unspecified atom stereocenters. The number of fused-ring (bicyclic) bond motifs is 3. The Bertz CT molecular complexity index is 4420. The lowest BCUT2D eigenvalue weighted by atomic mass is 10.0. The number of nitrogens with zero attached hydrogens (tertiary/aromatic N) is 12. The third kappa shape index (κ3) is 18.1. The van der Waals surface area contributed by atoms with Crippen molar-refractivity contribution < 1.29 is 19.5 Å². The minimum absolute atomic E-state index is 0. The Morgan fingerprint density at radius 3 is 1.34 bits per heavy atom. The summed E-state index contributed by atoms with van der Waals surface area (Å²) in [6.07, 6.45) is 7.27. The average Bonchev–Trinajstić information content (AvgIpc) is 2.89. The highest BCUT2D eigenvalue weighted by Gasteiger charge is 2.22. The second-order valence-corrected chi connectivity index (χ2v) is 21.6. The lowest BCUT2D eigenvalue weighted by molar-refractivity contribution is -0.129. The number of nitrogens with two attached hydrogens (primary N) is 4. The van der Waals surface area contributed by atoms with Gasteiger partial charge in [0.05, 0.1) is 43.0 Å². The van der Waals surface area contributed by atoms with E-state index in [0.717, 1.165) is 94.6 Å². The summed E-state index contributed by atoms with van der Waals surface area (Å²) in [5.74, 6) is 0.535. The summed E-state index contributed by atoms with van der Waals surface area (Å²) < 4.78 is 0. The summed E-state index contributed by atoms with van der Waals surface area (Å²) in [6.45, 7) is 6.82. The van der Waals surface area contributed by atoms with Gasteiger partial charge in [0.2, 0.25) is 5.82 Å². The van der Waals surface area contributed by atoms with E-state index < -0.39 is 5.97 Å². The SMILES string of the molecule is Cc1nc(N)ccc1CN.Cc1nc(N)ccc1CNC(=O)C1=NN=C(Cc2ccc3ncc(Cl)cc3c2)C1.Cc1nc(N)ccc1CNC(=O)c1n[nH]c(Cc2ccc3ncc(Cl)cc3c2)n1.Cl.O=C(O)C1=NN=C(Cc2ccc3ncc(Cl)cc3c2)C1. The van der Waals surface area contributed by atoms with E-state index in [9.17, 15) is 14.4 Å². The number of amides is 2. The van der Waals surface area contributed by atoms with Crippen molar-refractivity contribution in [1.82, 2.24) is 55.7 Å². The molecule has 7 aromatic heterocycles. The average molecular weight is 1280 g/mol. The number of H-pyrrole nitrogens is 1. The maximum atomic E-state index is 12.4. The van der Waals surface area contributed by atoms with Crippen LogP contribution in [0.3, 0.4) is 0 Å². The van der Waals surface area contributed by atoms with Gasteiger partial charge in [-0.05, 0) is 127 Å². The van der Waals surface area contributed by atoms with Crippen molar-refractivity contribution in [1.29, 1.82) is 0 Å². The number of carbonyl (C=O) groups is 3. The number of halogens is 4. The molecule has 0 atom stereocenters. The summed E-state index contributed by atoms with van der Waals surface area (Å²) in [5.41, 5.74) is 35.3. The van der Waals surface area contributed by atoms with Gasteiger partial charge in [-0.1, -0.05) is 71.2 Å². The van der Waals surface area contributed by atoms with Crippen LogP contribution in [0.5, 0.6) is 0 Å². The molecule has 0 saturated carbocycles. The smallest absolute Gasteiger partial charge is 0.352 e. The van der Waals surface area contributed by atoms with Gasteiger partial charge in [0.1, 0.15) is 29.0 Å². The summed E-state index contributed by atoms with van der Waals surface area (Å²) in [4.78, 5) is 65.1. The molecule has 27 heteroatoms. The highest BCUT2D eigenvalue weighted by Crippen LogP contribution is 2.23. The van der Waals surface area contributed by atoms with Crippen molar-refractivity contribution in [2.75, 3.05) is 17.2 Å². The number of aromatic nitrogens is 9. The van der Waals surface area contributed by atoms with Crippen LogP contribution in [0.25, 0.3) is 32.7 Å². The fourth-order valence-corrected chi connectivity index (χ4v) is 9.61. The number of nitrogens with one attached hydrogen (secondary N) is 3. The zero-order valence-corrected chi connectivity index (χ0v) is 51.3. The first-order valence-electron chi connectivity index (χ1n) is 27.3. The molecule has 9 heterocycles. The summed E-state index contributed by atoms with van der Waals surface area (Å²) in [7, 11) is 0. The van der Waals surface area contributed by atoms with Gasteiger partial charge in [0, 0.05) is 104 Å². The molecule has 12 N–H and O–H groups in total. The number of hydrogen-bond donors (Lipinski definition) is 8. The summed E-state index contributed by atoms with van der Waals surface area (Å²) in [5, 5.41) is 41.8. The van der Waals surface area contributed by atoms with Gasteiger partial charge in [-0.15, -0.1) is 27.7 Å². The molecule has 454 valence electrons. The highest BCUT2D eigenvalue weighted by molar-refractivity contribution is 6.43. The number of carbonyl (C=O) groups excluding carboxylic acids is 2. The molecule has 10 aromatic rings. The Morgan fingerprint density at radius 1 is 0.517 bits per heavy atom. The maximum Gasteiger partial charge on any atom is 0.352 e. The van der Waals surface area contributed by atoms with Crippen LogP contribution in [0.15, 0.2) is 148 Å². The fourth-order valence-electron chi connectivity index (χ4n) is 9.11. The number of hydrogen-bond acceptors (Lipinski definition) is 19. The zero-order chi connectivity index (χ0) is 62.4. The van der Waals surface area contributed by atoms with Gasteiger partial charge < -0.3 is 38.7 Å². The largest absolute Gasteiger partial charge is 0.477 e. The van der Waals surface area contributed by atoms with Crippen LogP contribution in [0.1, 0.15) is 79.7 Å². The van der Waals surface area contributed by atoms with Crippen molar-refractivity contribution in [2.45, 2.75) is 72.5 Å². The molecule has 0 radical (unpaired) electrons. The topological polar surface area (TPSA) is 368 Å². The van der Waals surface area contributed by atoms with Gasteiger partial charge in [-0.3, -0.25) is 29.6 Å². The number of benzene rings is 3. The van der Waals surface area contributed by atoms with Gasteiger partial charge in [0.15, 0.2) is 5.71 Å². The molecule has 0 fully saturated rings. The molecule has 0 aliphatic carbocycles. The molecule has 3 aromatic carbocycles. The highest BCUT2D eigenvalue weighted by atomic mass is 35.5. The standard InChI is InChI=1S/C21H19ClN6O.C20H18ClN7O.C14H10ClN3O2.C7H11N3.ClH/c1-12-14(3-5-20(23)26-12)10-25-21(29)19-9-17(27-28-19)7-13-2-4-18-15(6-13)8-16(22)11-24-18;1-11-13(3-5-17(22)25-11)9-24-20(29)19-26-18(27-28-19)7-12-2-4-16-14(6-12)8-15(21)10-23-16;15-10-5-9-3-8(1-2-12(9)16-7-10)4-11-6-13(14(19)20)18-17-11;1-5-6(4-8)2-3-7(9)10-5;/h2-6,8,11H,7,9-10H2,1H3,(H2,23,26)(H,25,29);2-6,8,10H,7,9H2,1H3,(H2,22,25)(H,24,29)(H,26,27,28);1-3,5,7H,4,6H2,(H,19,20);2-3H,4,8H2,1H3,(H2,9,10);1H. The minimum atomic E-state index is -1.02. The number of pyridine rings is 6. The number of carboxylic acid groups (broad SMARTS) is 1. The molecule has 0 bridgehead atoms. The first kappa shape index (κ1) is 65.1. The van der Waals surface area contributed by atoms with Crippen molar-refractivity contribution in [3.05, 3.63) is 205 Å². The van der Waals surface area contributed by atoms with Crippen LogP contribution in [0.2, 0.25) is 15.1 Å². The Morgan fingerprint density at radius 2 is 0.921 bits per heavy atom. The number of anilines is 3. The van der Waals surface area contributed by atoms with Gasteiger partial charge >= 0.3 is 5.97 Å². The van der Waals surface area contributed by atoms with Crippen LogP contribution >= 0.6 is 47.2 Å². The normalized spacial score (nSPS) is 12.2. The molecular weight excluding hydrogens is 1220 g/mol. The van der Waals surface area contributed by atoms with Crippen LogP contribution in [-0.2, 0) is 48.5 Å². The summed E-state index contributed by atoms with van der Waals surface area (Å²) >= 11 is 18.0.